The van der Waals surface area contributed by atoms with Gasteiger partial charge in [0.05, 0.1) is 0 Å². The lowest BCUT2D eigenvalue weighted by molar-refractivity contribution is -0.137. The van der Waals surface area contributed by atoms with Crippen molar-refractivity contribution in [1.82, 2.24) is 4.90 Å². The van der Waals surface area contributed by atoms with Gasteiger partial charge in [0.2, 0.25) is 5.91 Å². The second-order valence-electron chi connectivity index (χ2n) is 6.63. The van der Waals surface area contributed by atoms with Crippen molar-refractivity contribution in [2.45, 2.75) is 73.6 Å². The van der Waals surface area contributed by atoms with E-state index in [9.17, 15) is 9.59 Å². The van der Waals surface area contributed by atoms with Crippen LogP contribution < -0.4 is 0 Å². The van der Waals surface area contributed by atoms with Crippen LogP contribution in [0.3, 0.4) is 0 Å². The number of nitrogens with zero attached hydrogens (tertiary/aromatic N) is 1. The van der Waals surface area contributed by atoms with Crippen molar-refractivity contribution in [1.29, 1.82) is 0 Å². The topological polar surface area (TPSA) is 37.4 Å². The first-order chi connectivity index (χ1) is 9.88. The molecule has 0 bridgehead atoms. The quantitative estimate of drug-likeness (QED) is 0.669. The summed E-state index contributed by atoms with van der Waals surface area (Å²) in [6, 6.07) is 0. The Balaban J connectivity index is 0.00000191. The van der Waals surface area contributed by atoms with Crippen LogP contribution in [-0.4, -0.2) is 29.7 Å². The number of amides is 1. The van der Waals surface area contributed by atoms with Gasteiger partial charge in [-0.3, -0.25) is 4.79 Å². The number of rotatable bonds is 8. The summed E-state index contributed by atoms with van der Waals surface area (Å²) < 4.78 is 0. The third kappa shape index (κ3) is 8.90. The van der Waals surface area contributed by atoms with Crippen LogP contribution >= 0.6 is 0 Å². The van der Waals surface area contributed by atoms with Gasteiger partial charge in [-0.2, -0.15) is 0 Å². The minimum Gasteiger partial charge on any atom is -0.342 e. The number of hydrogen-bond acceptors (Lipinski definition) is 2. The molecule has 3 heteroatoms. The highest BCUT2D eigenvalue weighted by Crippen LogP contribution is 2.22. The van der Waals surface area contributed by atoms with Gasteiger partial charge in [-0.05, 0) is 43.9 Å². The Morgan fingerprint density at radius 1 is 1.05 bits per heavy atom. The third-order valence-electron chi connectivity index (χ3n) is 4.06. The molecule has 1 aliphatic rings. The van der Waals surface area contributed by atoms with E-state index in [2.05, 4.69) is 20.8 Å². The second kappa shape index (κ2) is 10.8. The van der Waals surface area contributed by atoms with Crippen molar-refractivity contribution in [2.24, 2.45) is 17.8 Å². The molecule has 1 saturated heterocycles. The summed E-state index contributed by atoms with van der Waals surface area (Å²) in [7, 11) is 0. The van der Waals surface area contributed by atoms with Gasteiger partial charge in [0.15, 0.2) is 0 Å². The van der Waals surface area contributed by atoms with Gasteiger partial charge in [0.1, 0.15) is 5.78 Å². The summed E-state index contributed by atoms with van der Waals surface area (Å²) >= 11 is 0. The Morgan fingerprint density at radius 2 is 1.52 bits per heavy atom. The molecule has 1 heterocycles. The van der Waals surface area contributed by atoms with Crippen LogP contribution in [0.2, 0.25) is 0 Å². The summed E-state index contributed by atoms with van der Waals surface area (Å²) in [4.78, 5) is 24.8. The van der Waals surface area contributed by atoms with Crippen molar-refractivity contribution in [3.05, 3.63) is 0 Å². The maximum atomic E-state index is 11.9. The van der Waals surface area contributed by atoms with E-state index < -0.39 is 0 Å². The fraction of sp³-hybridized carbons (Fsp3) is 0.889. The highest BCUT2D eigenvalue weighted by atomic mass is 16.2. The summed E-state index contributed by atoms with van der Waals surface area (Å²) in [6.45, 7) is 14.2. The molecule has 2 unspecified atom stereocenters. The molecule has 0 aromatic carbocycles. The van der Waals surface area contributed by atoms with Crippen LogP contribution in [0.1, 0.15) is 73.6 Å². The lowest BCUT2D eigenvalue weighted by Crippen LogP contribution is -2.48. The smallest absolute Gasteiger partial charge is 0.222 e. The van der Waals surface area contributed by atoms with E-state index in [0.29, 0.717) is 36.5 Å². The third-order valence-corrected chi connectivity index (χ3v) is 4.06. The standard InChI is InChI=1S/C16H29NO2.C2H6/c1-12(5-7-15(4)18)9-13(2)6-8-16(19)17-10-14(3)11-17;1-2/h12-14H,5-11H2,1-4H3;1-2H3. The maximum absolute atomic E-state index is 11.9. The monoisotopic (exact) mass is 297 g/mol. The molecule has 1 rings (SSSR count). The molecule has 0 aromatic heterocycles. The first kappa shape index (κ1) is 20.1. The van der Waals surface area contributed by atoms with Crippen LogP contribution in [0.25, 0.3) is 0 Å². The zero-order valence-electron chi connectivity index (χ0n) is 14.9. The van der Waals surface area contributed by atoms with E-state index in [0.717, 1.165) is 32.4 Å². The molecule has 1 amide bonds. The fourth-order valence-electron chi connectivity index (χ4n) is 2.80. The number of Topliss-reactive ketones (excluding diaryl/α,β-unsaturated/α-hetero) is 1. The number of carbonyl (C=O) groups is 2. The minimum atomic E-state index is 0.279. The predicted octanol–water partition coefficient (Wildman–Crippen LogP) is 4.30. The molecule has 0 saturated carbocycles. The van der Waals surface area contributed by atoms with Gasteiger partial charge in [-0.25, -0.2) is 0 Å². The van der Waals surface area contributed by atoms with E-state index in [-0.39, 0.29) is 5.78 Å². The van der Waals surface area contributed by atoms with E-state index >= 15 is 0 Å². The lowest BCUT2D eigenvalue weighted by atomic mass is 9.90. The molecule has 21 heavy (non-hydrogen) atoms. The minimum absolute atomic E-state index is 0.279. The van der Waals surface area contributed by atoms with Gasteiger partial charge < -0.3 is 9.69 Å². The predicted molar refractivity (Wildman–Crippen MR) is 89.2 cm³/mol. The Kier molecular flexibility index (Phi) is 10.4. The first-order valence-corrected chi connectivity index (χ1v) is 8.65. The Morgan fingerprint density at radius 3 is 1.95 bits per heavy atom. The number of carbonyl (C=O) groups excluding carboxylic acids is 2. The first-order valence-electron chi connectivity index (χ1n) is 8.65. The van der Waals surface area contributed by atoms with Crippen LogP contribution in [0.4, 0.5) is 0 Å². The molecule has 0 aromatic rings. The van der Waals surface area contributed by atoms with E-state index in [4.69, 9.17) is 0 Å². The van der Waals surface area contributed by atoms with Crippen molar-refractivity contribution >= 4 is 11.7 Å². The largest absolute Gasteiger partial charge is 0.342 e. The van der Waals surface area contributed by atoms with Crippen molar-refractivity contribution in [3.63, 3.8) is 0 Å². The number of hydrogen-bond donors (Lipinski definition) is 0. The molecule has 1 fully saturated rings. The summed E-state index contributed by atoms with van der Waals surface area (Å²) in [5.74, 6) is 2.44. The summed E-state index contributed by atoms with van der Waals surface area (Å²) in [5.41, 5.74) is 0. The highest BCUT2D eigenvalue weighted by molar-refractivity contribution is 5.77. The number of ketones is 1. The average Bonchev–Trinajstić information content (AvgIpc) is 2.41. The van der Waals surface area contributed by atoms with Gasteiger partial charge in [-0.15, -0.1) is 0 Å². The molecule has 3 nitrogen and oxygen atoms in total. The highest BCUT2D eigenvalue weighted by Gasteiger charge is 2.26. The molecule has 124 valence electrons. The van der Waals surface area contributed by atoms with Crippen LogP contribution in [0, 0.1) is 17.8 Å². The Bertz CT molecular complexity index is 308. The average molecular weight is 297 g/mol. The molecule has 0 N–H and O–H groups in total. The van der Waals surface area contributed by atoms with Gasteiger partial charge >= 0.3 is 0 Å². The second-order valence-corrected chi connectivity index (χ2v) is 6.63. The molecule has 0 spiro atoms. The van der Waals surface area contributed by atoms with Crippen LogP contribution in [0.15, 0.2) is 0 Å². The van der Waals surface area contributed by atoms with E-state index in [1.165, 1.54) is 0 Å². The normalized spacial score (nSPS) is 17.3. The molecule has 1 aliphatic heterocycles. The SMILES string of the molecule is CC.CC(=O)CCC(C)CC(C)CCC(=O)N1CC(C)C1. The lowest BCUT2D eigenvalue weighted by Gasteiger charge is -2.37. The van der Waals surface area contributed by atoms with Gasteiger partial charge in [0, 0.05) is 25.9 Å². The van der Waals surface area contributed by atoms with Crippen LogP contribution in [0.5, 0.6) is 0 Å². The Hall–Kier alpha value is -0.860. The van der Waals surface area contributed by atoms with Gasteiger partial charge in [0.25, 0.3) is 0 Å². The van der Waals surface area contributed by atoms with Crippen molar-refractivity contribution in [2.75, 3.05) is 13.1 Å². The molecular weight excluding hydrogens is 262 g/mol. The molecule has 0 radical (unpaired) electrons. The van der Waals surface area contributed by atoms with Crippen molar-refractivity contribution < 1.29 is 9.59 Å². The molecule has 2 atom stereocenters. The zero-order valence-corrected chi connectivity index (χ0v) is 14.9. The molecular formula is C18H35NO2. The van der Waals surface area contributed by atoms with E-state index in [1.807, 2.05) is 18.7 Å². The number of likely N-dealkylation sites (tertiary alicyclic amines) is 1. The van der Waals surface area contributed by atoms with E-state index in [1.54, 1.807) is 6.92 Å². The molecule has 0 aliphatic carbocycles. The Labute approximate surface area is 131 Å². The van der Waals surface area contributed by atoms with Crippen molar-refractivity contribution in [3.8, 4) is 0 Å². The fourth-order valence-corrected chi connectivity index (χ4v) is 2.80. The van der Waals surface area contributed by atoms with Gasteiger partial charge in [-0.1, -0.05) is 34.6 Å². The summed E-state index contributed by atoms with van der Waals surface area (Å²) in [5, 5.41) is 0. The maximum Gasteiger partial charge on any atom is 0.222 e. The zero-order chi connectivity index (χ0) is 16.4. The summed E-state index contributed by atoms with van der Waals surface area (Å²) in [6.07, 6.45) is 4.47. The van der Waals surface area contributed by atoms with Crippen LogP contribution in [-0.2, 0) is 9.59 Å².